The van der Waals surface area contributed by atoms with E-state index in [0.29, 0.717) is 22.8 Å². The number of imide groups is 2. The lowest BCUT2D eigenvalue weighted by atomic mass is 10.1. The SMILES string of the molecule is Cc1ccc(N2C(=O)NC(=O)/C(=C\c3cc(C)oc3C)C2=O)cc1. The summed E-state index contributed by atoms with van der Waals surface area (Å²) in [6.07, 6.45) is 1.44. The van der Waals surface area contributed by atoms with E-state index in [9.17, 15) is 14.4 Å². The van der Waals surface area contributed by atoms with E-state index in [2.05, 4.69) is 5.32 Å². The number of furan rings is 1. The van der Waals surface area contributed by atoms with Gasteiger partial charge in [-0.3, -0.25) is 14.9 Å². The third-order valence-corrected chi connectivity index (χ3v) is 3.77. The summed E-state index contributed by atoms with van der Waals surface area (Å²) in [5.74, 6) is -0.105. The van der Waals surface area contributed by atoms with Crippen LogP contribution in [0.2, 0.25) is 0 Å². The first-order chi connectivity index (χ1) is 11.4. The number of benzene rings is 1. The average molecular weight is 324 g/mol. The normalized spacial score (nSPS) is 16.7. The number of carbonyl (C=O) groups is 3. The van der Waals surface area contributed by atoms with Crippen molar-refractivity contribution in [2.24, 2.45) is 0 Å². The fourth-order valence-electron chi connectivity index (χ4n) is 2.54. The van der Waals surface area contributed by atoms with Gasteiger partial charge in [0.25, 0.3) is 11.8 Å². The molecule has 24 heavy (non-hydrogen) atoms. The van der Waals surface area contributed by atoms with Crippen LogP contribution in [-0.2, 0) is 9.59 Å². The average Bonchev–Trinajstić information content (AvgIpc) is 2.83. The van der Waals surface area contributed by atoms with E-state index in [1.807, 2.05) is 6.92 Å². The van der Waals surface area contributed by atoms with E-state index in [1.54, 1.807) is 44.2 Å². The molecule has 6 heteroatoms. The van der Waals surface area contributed by atoms with E-state index in [-0.39, 0.29) is 5.57 Å². The van der Waals surface area contributed by atoms with Gasteiger partial charge in [-0.1, -0.05) is 17.7 Å². The molecule has 2 heterocycles. The van der Waals surface area contributed by atoms with Crippen LogP contribution < -0.4 is 10.2 Å². The van der Waals surface area contributed by atoms with E-state index < -0.39 is 17.8 Å². The fraction of sp³-hybridized carbons (Fsp3) is 0.167. The monoisotopic (exact) mass is 324 g/mol. The molecule has 1 N–H and O–H groups in total. The first kappa shape index (κ1) is 15.7. The molecule has 2 aromatic rings. The molecule has 1 aliphatic rings. The maximum absolute atomic E-state index is 12.7. The van der Waals surface area contributed by atoms with Gasteiger partial charge >= 0.3 is 6.03 Å². The lowest BCUT2D eigenvalue weighted by molar-refractivity contribution is -0.122. The van der Waals surface area contributed by atoms with Gasteiger partial charge in [0, 0.05) is 5.56 Å². The Hall–Kier alpha value is -3.15. The smallest absolute Gasteiger partial charge is 0.335 e. The number of aryl methyl sites for hydroxylation is 3. The molecule has 3 rings (SSSR count). The van der Waals surface area contributed by atoms with Crippen molar-refractivity contribution in [2.45, 2.75) is 20.8 Å². The van der Waals surface area contributed by atoms with Gasteiger partial charge in [0.05, 0.1) is 5.69 Å². The van der Waals surface area contributed by atoms with E-state index >= 15 is 0 Å². The molecule has 0 bridgehead atoms. The molecule has 0 radical (unpaired) electrons. The van der Waals surface area contributed by atoms with Gasteiger partial charge in [-0.15, -0.1) is 0 Å². The highest BCUT2D eigenvalue weighted by molar-refractivity contribution is 6.39. The fourth-order valence-corrected chi connectivity index (χ4v) is 2.54. The number of hydrogen-bond acceptors (Lipinski definition) is 4. The van der Waals surface area contributed by atoms with Crippen molar-refractivity contribution in [2.75, 3.05) is 4.90 Å². The van der Waals surface area contributed by atoms with Crippen LogP contribution in [0.5, 0.6) is 0 Å². The maximum Gasteiger partial charge on any atom is 0.335 e. The summed E-state index contributed by atoms with van der Waals surface area (Å²) in [6.45, 7) is 5.42. The van der Waals surface area contributed by atoms with Crippen LogP contribution in [0.4, 0.5) is 10.5 Å². The number of rotatable bonds is 2. The number of hydrogen-bond donors (Lipinski definition) is 1. The van der Waals surface area contributed by atoms with Crippen molar-refractivity contribution in [3.8, 4) is 0 Å². The molecule has 0 atom stereocenters. The van der Waals surface area contributed by atoms with Crippen LogP contribution in [-0.4, -0.2) is 17.8 Å². The quantitative estimate of drug-likeness (QED) is 0.680. The van der Waals surface area contributed by atoms with Crippen molar-refractivity contribution >= 4 is 29.6 Å². The minimum Gasteiger partial charge on any atom is -0.466 e. The van der Waals surface area contributed by atoms with Crippen LogP contribution in [0, 0.1) is 20.8 Å². The third kappa shape index (κ3) is 2.74. The van der Waals surface area contributed by atoms with Crippen LogP contribution in [0.15, 0.2) is 40.3 Å². The molecule has 1 fully saturated rings. The molecule has 122 valence electrons. The second-order valence-electron chi connectivity index (χ2n) is 5.66. The molecule has 1 aromatic heterocycles. The predicted octanol–water partition coefficient (Wildman–Crippen LogP) is 2.87. The van der Waals surface area contributed by atoms with Crippen molar-refractivity contribution < 1.29 is 18.8 Å². The summed E-state index contributed by atoms with van der Waals surface area (Å²) in [4.78, 5) is 37.8. The Labute approximate surface area is 138 Å². The van der Waals surface area contributed by atoms with Crippen LogP contribution in [0.1, 0.15) is 22.6 Å². The zero-order chi connectivity index (χ0) is 17.4. The number of nitrogens with zero attached hydrogens (tertiary/aromatic N) is 1. The van der Waals surface area contributed by atoms with E-state index in [1.165, 1.54) is 6.08 Å². The van der Waals surface area contributed by atoms with Gasteiger partial charge in [-0.05, 0) is 45.0 Å². The van der Waals surface area contributed by atoms with Gasteiger partial charge in [0.2, 0.25) is 0 Å². The number of urea groups is 1. The van der Waals surface area contributed by atoms with E-state index in [4.69, 9.17) is 4.42 Å². The summed E-state index contributed by atoms with van der Waals surface area (Å²) >= 11 is 0. The van der Waals surface area contributed by atoms with Gasteiger partial charge in [0.1, 0.15) is 17.1 Å². The third-order valence-electron chi connectivity index (χ3n) is 3.77. The van der Waals surface area contributed by atoms with Gasteiger partial charge in [0.15, 0.2) is 0 Å². The second kappa shape index (κ2) is 5.81. The van der Waals surface area contributed by atoms with Crippen LogP contribution in [0.3, 0.4) is 0 Å². The van der Waals surface area contributed by atoms with Crippen LogP contribution >= 0.6 is 0 Å². The van der Waals surface area contributed by atoms with Gasteiger partial charge in [-0.2, -0.15) is 0 Å². The Morgan fingerprint density at radius 3 is 2.29 bits per heavy atom. The molecule has 1 aliphatic heterocycles. The number of amides is 4. The Kier molecular flexibility index (Phi) is 3.81. The van der Waals surface area contributed by atoms with Crippen molar-refractivity contribution in [3.63, 3.8) is 0 Å². The lowest BCUT2D eigenvalue weighted by Gasteiger charge is -2.26. The summed E-state index contributed by atoms with van der Waals surface area (Å²) in [5.41, 5.74) is 1.92. The maximum atomic E-state index is 12.7. The van der Waals surface area contributed by atoms with Gasteiger partial charge < -0.3 is 4.42 Å². The Morgan fingerprint density at radius 2 is 1.71 bits per heavy atom. The molecule has 4 amide bonds. The highest BCUT2D eigenvalue weighted by Crippen LogP contribution is 2.24. The van der Waals surface area contributed by atoms with Gasteiger partial charge in [-0.25, -0.2) is 9.69 Å². The Morgan fingerprint density at radius 1 is 1.04 bits per heavy atom. The molecule has 0 saturated carbocycles. The second-order valence-corrected chi connectivity index (χ2v) is 5.66. The Balaban J connectivity index is 2.03. The summed E-state index contributed by atoms with van der Waals surface area (Å²) in [7, 11) is 0. The molecule has 0 aliphatic carbocycles. The molecule has 6 nitrogen and oxygen atoms in total. The number of barbiturate groups is 1. The largest absolute Gasteiger partial charge is 0.466 e. The van der Waals surface area contributed by atoms with Crippen LogP contribution in [0.25, 0.3) is 6.08 Å². The van der Waals surface area contributed by atoms with Crippen molar-refractivity contribution in [1.82, 2.24) is 5.32 Å². The first-order valence-electron chi connectivity index (χ1n) is 7.42. The van der Waals surface area contributed by atoms with Crippen molar-refractivity contribution in [3.05, 3.63) is 58.6 Å². The summed E-state index contributed by atoms with van der Waals surface area (Å²) in [6, 6.07) is 7.88. The van der Waals surface area contributed by atoms with E-state index in [0.717, 1.165) is 10.5 Å². The zero-order valence-electron chi connectivity index (χ0n) is 13.5. The zero-order valence-corrected chi connectivity index (χ0v) is 13.5. The van der Waals surface area contributed by atoms with Crippen molar-refractivity contribution in [1.29, 1.82) is 0 Å². The number of carbonyl (C=O) groups excluding carboxylic acids is 3. The first-order valence-corrected chi connectivity index (χ1v) is 7.42. The predicted molar refractivity (Wildman–Crippen MR) is 88.4 cm³/mol. The molecular formula is C18H16N2O4. The molecule has 0 unspecified atom stereocenters. The molecule has 1 aromatic carbocycles. The minimum atomic E-state index is -0.758. The Bertz CT molecular complexity index is 875. The highest BCUT2D eigenvalue weighted by atomic mass is 16.3. The lowest BCUT2D eigenvalue weighted by Crippen LogP contribution is -2.54. The molecule has 0 spiro atoms. The number of nitrogens with one attached hydrogen (secondary N) is 1. The number of anilines is 1. The minimum absolute atomic E-state index is 0.112. The standard InChI is InChI=1S/C18H16N2O4/c1-10-4-6-14(7-5-10)20-17(22)15(16(21)19-18(20)23)9-13-8-11(2)24-12(13)3/h4-9H,1-3H3,(H,19,21,23)/b15-9+. The molecular weight excluding hydrogens is 308 g/mol. The molecule has 1 saturated heterocycles. The highest BCUT2D eigenvalue weighted by Gasteiger charge is 2.36. The summed E-state index contributed by atoms with van der Waals surface area (Å²) < 4.78 is 5.40. The topological polar surface area (TPSA) is 79.6 Å². The summed E-state index contributed by atoms with van der Waals surface area (Å²) in [5, 5.41) is 2.20.